The van der Waals surface area contributed by atoms with Gasteiger partial charge >= 0.3 is 0 Å². The van der Waals surface area contributed by atoms with Crippen molar-refractivity contribution in [1.29, 1.82) is 0 Å². The van der Waals surface area contributed by atoms with Crippen LogP contribution in [0.25, 0.3) is 10.2 Å². The maximum Gasteiger partial charge on any atom is 0.280 e. The molecule has 0 atom stereocenters. The third-order valence-electron chi connectivity index (χ3n) is 4.31. The average molecular weight is 362 g/mol. The lowest BCUT2D eigenvalue weighted by molar-refractivity contribution is 0.146. The van der Waals surface area contributed by atoms with Gasteiger partial charge in [-0.2, -0.15) is 0 Å². The molecule has 0 radical (unpaired) electrons. The number of nitrogens with zero attached hydrogens (tertiary/aromatic N) is 6. The van der Waals surface area contributed by atoms with Gasteiger partial charge in [0.25, 0.3) is 6.43 Å². The number of aromatic nitrogens is 4. The van der Waals surface area contributed by atoms with Gasteiger partial charge in [0.1, 0.15) is 30.0 Å². The first-order valence-electron chi connectivity index (χ1n) is 7.92. The van der Waals surface area contributed by atoms with Gasteiger partial charge in [0, 0.05) is 32.2 Å². The normalized spacial score (nSPS) is 15.4. The van der Waals surface area contributed by atoms with Crippen LogP contribution in [0.5, 0.6) is 0 Å². The number of hydrogen-bond donors (Lipinski definition) is 0. The molecule has 3 aromatic heterocycles. The van der Waals surface area contributed by atoms with Crippen molar-refractivity contribution in [3.63, 3.8) is 0 Å². The van der Waals surface area contributed by atoms with Crippen LogP contribution in [0, 0.1) is 6.92 Å². The lowest BCUT2D eigenvalue weighted by Crippen LogP contribution is -2.47. The lowest BCUT2D eigenvalue weighted by atomic mass is 10.2. The van der Waals surface area contributed by atoms with Gasteiger partial charge < -0.3 is 9.80 Å². The molecule has 1 saturated heterocycles. The zero-order chi connectivity index (χ0) is 17.4. The molecule has 0 aromatic carbocycles. The van der Waals surface area contributed by atoms with Crippen LogP contribution in [0.3, 0.4) is 0 Å². The highest BCUT2D eigenvalue weighted by Crippen LogP contribution is 2.31. The number of piperazine rings is 1. The molecule has 3 aromatic rings. The largest absolute Gasteiger partial charge is 0.353 e. The highest BCUT2D eigenvalue weighted by Gasteiger charge is 2.22. The quantitative estimate of drug-likeness (QED) is 0.714. The van der Waals surface area contributed by atoms with Crippen LogP contribution >= 0.6 is 11.3 Å². The van der Waals surface area contributed by atoms with Crippen molar-refractivity contribution < 1.29 is 8.78 Å². The number of halogens is 2. The van der Waals surface area contributed by atoms with E-state index >= 15 is 0 Å². The van der Waals surface area contributed by atoms with E-state index in [2.05, 4.69) is 30.2 Å². The van der Waals surface area contributed by atoms with Crippen LogP contribution in [-0.4, -0.2) is 46.1 Å². The summed E-state index contributed by atoms with van der Waals surface area (Å²) in [6, 6.07) is 1.37. The lowest BCUT2D eigenvalue weighted by Gasteiger charge is -2.36. The molecular formula is C16H16F2N6S. The fraction of sp³-hybridized carbons (Fsp3) is 0.375. The number of anilines is 2. The molecule has 0 N–H and O–H groups in total. The maximum atomic E-state index is 12.8. The topological polar surface area (TPSA) is 58.0 Å². The van der Waals surface area contributed by atoms with E-state index in [1.165, 1.54) is 12.4 Å². The Balaban J connectivity index is 1.52. The minimum absolute atomic E-state index is 0.237. The monoisotopic (exact) mass is 362 g/mol. The molecule has 25 heavy (non-hydrogen) atoms. The second-order valence-corrected chi connectivity index (χ2v) is 6.75. The third kappa shape index (κ3) is 2.99. The van der Waals surface area contributed by atoms with Crippen LogP contribution in [0.4, 0.5) is 20.4 Å². The zero-order valence-electron chi connectivity index (χ0n) is 13.6. The molecule has 4 heterocycles. The number of aryl methyl sites for hydroxylation is 1. The van der Waals surface area contributed by atoms with Crippen molar-refractivity contribution in [3.05, 3.63) is 35.4 Å². The molecule has 0 amide bonds. The van der Waals surface area contributed by atoms with Crippen molar-refractivity contribution in [2.24, 2.45) is 0 Å². The summed E-state index contributed by atoms with van der Waals surface area (Å²) < 4.78 is 26.7. The van der Waals surface area contributed by atoms with E-state index in [1.807, 2.05) is 11.8 Å². The molecule has 6 nitrogen and oxygen atoms in total. The zero-order valence-corrected chi connectivity index (χ0v) is 14.4. The molecule has 1 aliphatic rings. The molecule has 0 saturated carbocycles. The predicted octanol–water partition coefficient (Wildman–Crippen LogP) is 3.05. The fourth-order valence-electron chi connectivity index (χ4n) is 2.98. The van der Waals surface area contributed by atoms with Gasteiger partial charge in [-0.15, -0.1) is 11.3 Å². The second-order valence-electron chi connectivity index (χ2n) is 5.87. The predicted molar refractivity (Wildman–Crippen MR) is 93.6 cm³/mol. The third-order valence-corrected chi connectivity index (χ3v) is 5.40. The Morgan fingerprint density at radius 2 is 1.72 bits per heavy atom. The van der Waals surface area contributed by atoms with E-state index in [1.54, 1.807) is 17.7 Å². The SMILES string of the molecule is Cc1csc2c(N3CCN(c4cc(C(F)F)ncn4)CC3)ncnc12. The summed E-state index contributed by atoms with van der Waals surface area (Å²) in [5.74, 6) is 1.49. The Bertz CT molecular complexity index is 891. The number of hydrogen-bond acceptors (Lipinski definition) is 7. The molecule has 1 fully saturated rings. The Labute approximate surface area is 147 Å². The summed E-state index contributed by atoms with van der Waals surface area (Å²) in [6.07, 6.45) is 0.216. The van der Waals surface area contributed by atoms with Crippen LogP contribution in [0.2, 0.25) is 0 Å². The highest BCUT2D eigenvalue weighted by atomic mass is 32.1. The average Bonchev–Trinajstić information content (AvgIpc) is 3.03. The molecule has 130 valence electrons. The van der Waals surface area contributed by atoms with Gasteiger partial charge in [-0.25, -0.2) is 28.7 Å². The molecular weight excluding hydrogens is 346 g/mol. The van der Waals surface area contributed by atoms with Gasteiger partial charge in [0.05, 0.1) is 10.2 Å². The Hall–Kier alpha value is -2.42. The second kappa shape index (κ2) is 6.47. The van der Waals surface area contributed by atoms with E-state index in [4.69, 9.17) is 0 Å². The van der Waals surface area contributed by atoms with Crippen molar-refractivity contribution in [2.45, 2.75) is 13.3 Å². The van der Waals surface area contributed by atoms with E-state index in [0.717, 1.165) is 34.7 Å². The first kappa shape index (κ1) is 16.1. The molecule has 4 rings (SSSR count). The van der Waals surface area contributed by atoms with Gasteiger partial charge in [-0.1, -0.05) is 0 Å². The van der Waals surface area contributed by atoms with E-state index < -0.39 is 6.43 Å². The number of alkyl halides is 2. The summed E-state index contributed by atoms with van der Waals surface area (Å²) in [5.41, 5.74) is 1.91. The minimum Gasteiger partial charge on any atom is -0.353 e. The van der Waals surface area contributed by atoms with Gasteiger partial charge in [0.2, 0.25) is 0 Å². The minimum atomic E-state index is -2.58. The van der Waals surface area contributed by atoms with Crippen molar-refractivity contribution in [1.82, 2.24) is 19.9 Å². The summed E-state index contributed by atoms with van der Waals surface area (Å²) >= 11 is 1.65. The van der Waals surface area contributed by atoms with Crippen molar-refractivity contribution in [2.75, 3.05) is 36.0 Å². The molecule has 0 spiro atoms. The first-order valence-corrected chi connectivity index (χ1v) is 8.80. The van der Waals surface area contributed by atoms with Crippen molar-refractivity contribution >= 4 is 33.2 Å². The van der Waals surface area contributed by atoms with Gasteiger partial charge in [-0.3, -0.25) is 0 Å². The summed E-state index contributed by atoms with van der Waals surface area (Å²) in [7, 11) is 0. The summed E-state index contributed by atoms with van der Waals surface area (Å²) in [6.45, 7) is 4.92. The number of rotatable bonds is 3. The molecule has 0 bridgehead atoms. The molecule has 9 heteroatoms. The fourth-order valence-corrected chi connectivity index (χ4v) is 4.00. The van der Waals surface area contributed by atoms with E-state index in [-0.39, 0.29) is 5.69 Å². The molecule has 0 aliphatic carbocycles. The van der Waals surface area contributed by atoms with Crippen LogP contribution < -0.4 is 9.80 Å². The number of thiophene rings is 1. The Morgan fingerprint density at radius 3 is 2.48 bits per heavy atom. The molecule has 1 aliphatic heterocycles. The van der Waals surface area contributed by atoms with Crippen LogP contribution in [0.15, 0.2) is 24.1 Å². The summed E-state index contributed by atoms with van der Waals surface area (Å²) in [5, 5.41) is 2.09. The van der Waals surface area contributed by atoms with Gasteiger partial charge in [-0.05, 0) is 17.9 Å². The standard InChI is InChI=1S/C16H16F2N6S/c1-10-7-25-14-13(10)21-9-22-16(14)24-4-2-23(3-5-24)12-6-11(15(17)18)19-8-20-12/h6-9,15H,2-5H2,1H3. The Morgan fingerprint density at radius 1 is 1.00 bits per heavy atom. The molecule has 0 unspecified atom stereocenters. The van der Waals surface area contributed by atoms with E-state index in [0.29, 0.717) is 18.9 Å². The Kier molecular flexibility index (Phi) is 4.16. The summed E-state index contributed by atoms with van der Waals surface area (Å²) in [4.78, 5) is 20.8. The first-order chi connectivity index (χ1) is 12.1. The van der Waals surface area contributed by atoms with Crippen LogP contribution in [0.1, 0.15) is 17.7 Å². The smallest absolute Gasteiger partial charge is 0.280 e. The van der Waals surface area contributed by atoms with Gasteiger partial charge in [0.15, 0.2) is 0 Å². The number of fused-ring (bicyclic) bond motifs is 1. The van der Waals surface area contributed by atoms with E-state index in [9.17, 15) is 8.78 Å². The maximum absolute atomic E-state index is 12.8. The van der Waals surface area contributed by atoms with Crippen molar-refractivity contribution in [3.8, 4) is 0 Å². The highest BCUT2D eigenvalue weighted by molar-refractivity contribution is 7.18. The van der Waals surface area contributed by atoms with Crippen LogP contribution in [-0.2, 0) is 0 Å².